The topological polar surface area (TPSA) is 43.1 Å². The Balaban J connectivity index is 1.67. The van der Waals surface area contributed by atoms with E-state index in [0.29, 0.717) is 12.6 Å². The second kappa shape index (κ2) is 5.29. The number of aromatic nitrogens is 3. The van der Waals surface area contributed by atoms with Crippen LogP contribution in [0.2, 0.25) is 0 Å². The molecule has 1 heterocycles. The Morgan fingerprint density at radius 2 is 2.06 bits per heavy atom. The van der Waals surface area contributed by atoms with Crippen molar-refractivity contribution in [2.45, 2.75) is 38.8 Å². The number of hydrogen-bond donors (Lipinski definition) is 0. The summed E-state index contributed by atoms with van der Waals surface area (Å²) >= 11 is 0. The van der Waals surface area contributed by atoms with Crippen LogP contribution in [0, 0.1) is 5.92 Å². The minimum absolute atomic E-state index is 0.580. The maximum Gasteiger partial charge on any atom is 0.133 e. The fourth-order valence-electron chi connectivity index (χ4n) is 2.58. The number of nitrogens with zero attached hydrogens (tertiary/aromatic N) is 4. The smallest absolute Gasteiger partial charge is 0.133 e. The van der Waals surface area contributed by atoms with Gasteiger partial charge >= 0.3 is 0 Å². The maximum atomic E-state index is 4.52. The summed E-state index contributed by atoms with van der Waals surface area (Å²) in [5, 5.41) is 8.25. The van der Waals surface area contributed by atoms with Crippen LogP contribution in [0.25, 0.3) is 11.0 Å². The summed E-state index contributed by atoms with van der Waals surface area (Å²) in [5.41, 5.74) is 1.99. The molecule has 18 heavy (non-hydrogen) atoms. The van der Waals surface area contributed by atoms with Gasteiger partial charge in [-0.3, -0.25) is 4.99 Å². The van der Waals surface area contributed by atoms with Gasteiger partial charge in [0.25, 0.3) is 0 Å². The Kier molecular flexibility index (Phi) is 3.35. The summed E-state index contributed by atoms with van der Waals surface area (Å²) in [5.74, 6) is 0.675. The zero-order chi connectivity index (χ0) is 12.2. The number of rotatable bonds is 3. The number of fused-ring (bicyclic) bond motifs is 1. The normalized spacial score (nSPS) is 17.8. The van der Waals surface area contributed by atoms with Gasteiger partial charge in [0.1, 0.15) is 12.2 Å². The van der Waals surface area contributed by atoms with Crippen LogP contribution in [0.3, 0.4) is 0 Å². The molecule has 0 atom stereocenters. The van der Waals surface area contributed by atoms with Gasteiger partial charge in [0.2, 0.25) is 0 Å². The number of hydrogen-bond acceptors (Lipinski definition) is 3. The van der Waals surface area contributed by atoms with E-state index in [1.807, 2.05) is 28.9 Å². The maximum absolute atomic E-state index is 4.52. The van der Waals surface area contributed by atoms with Crippen molar-refractivity contribution in [1.82, 2.24) is 15.0 Å². The third kappa shape index (κ3) is 2.42. The molecule has 0 saturated heterocycles. The molecule has 1 aliphatic rings. The van der Waals surface area contributed by atoms with E-state index in [9.17, 15) is 0 Å². The Morgan fingerprint density at radius 1 is 1.22 bits per heavy atom. The highest BCUT2D eigenvalue weighted by Crippen LogP contribution is 2.21. The lowest BCUT2D eigenvalue weighted by Crippen LogP contribution is -2.08. The molecular formula is C14H18N4. The molecule has 1 aliphatic carbocycles. The molecule has 4 heteroatoms. The molecule has 0 unspecified atom stereocenters. The van der Waals surface area contributed by atoms with Gasteiger partial charge < -0.3 is 0 Å². The molecule has 1 aromatic heterocycles. The first kappa shape index (κ1) is 11.4. The van der Waals surface area contributed by atoms with E-state index in [1.54, 1.807) is 0 Å². The molecule has 1 saturated carbocycles. The third-order valence-electron chi connectivity index (χ3n) is 3.60. The van der Waals surface area contributed by atoms with Crippen molar-refractivity contribution in [3.63, 3.8) is 0 Å². The highest BCUT2D eigenvalue weighted by molar-refractivity contribution is 5.73. The predicted molar refractivity (Wildman–Crippen MR) is 72.6 cm³/mol. The van der Waals surface area contributed by atoms with Crippen LogP contribution in [-0.4, -0.2) is 21.2 Å². The van der Waals surface area contributed by atoms with Gasteiger partial charge in [-0.2, -0.15) is 0 Å². The average molecular weight is 242 g/mol. The molecule has 4 nitrogen and oxygen atoms in total. The fourth-order valence-corrected chi connectivity index (χ4v) is 2.58. The monoisotopic (exact) mass is 242 g/mol. The average Bonchev–Trinajstić information content (AvgIpc) is 2.84. The fraction of sp³-hybridized carbons (Fsp3) is 0.500. The molecule has 0 aliphatic heterocycles. The van der Waals surface area contributed by atoms with Gasteiger partial charge in [-0.15, -0.1) is 5.10 Å². The Hall–Kier alpha value is -1.71. The molecule has 0 radical (unpaired) electrons. The first-order chi connectivity index (χ1) is 8.93. The van der Waals surface area contributed by atoms with Crippen LogP contribution in [-0.2, 0) is 6.67 Å². The molecule has 1 fully saturated rings. The summed E-state index contributed by atoms with van der Waals surface area (Å²) in [4.78, 5) is 4.52. The molecule has 0 spiro atoms. The summed E-state index contributed by atoms with van der Waals surface area (Å²) < 4.78 is 1.86. The minimum Gasteiger partial charge on any atom is -0.274 e. The van der Waals surface area contributed by atoms with Crippen molar-refractivity contribution in [3.8, 4) is 0 Å². The van der Waals surface area contributed by atoms with E-state index in [4.69, 9.17) is 0 Å². The van der Waals surface area contributed by atoms with E-state index in [-0.39, 0.29) is 0 Å². The largest absolute Gasteiger partial charge is 0.274 e. The number of benzene rings is 1. The number of para-hydroxylation sites is 1. The van der Waals surface area contributed by atoms with Gasteiger partial charge in [-0.05, 0) is 30.9 Å². The summed E-state index contributed by atoms with van der Waals surface area (Å²) in [6.07, 6.45) is 8.79. The first-order valence-corrected chi connectivity index (χ1v) is 6.72. The van der Waals surface area contributed by atoms with E-state index in [1.165, 1.54) is 32.1 Å². The van der Waals surface area contributed by atoms with Crippen LogP contribution >= 0.6 is 0 Å². The van der Waals surface area contributed by atoms with Gasteiger partial charge in [0.05, 0.1) is 5.52 Å². The quantitative estimate of drug-likeness (QED) is 0.776. The van der Waals surface area contributed by atoms with E-state index < -0.39 is 0 Å². The summed E-state index contributed by atoms with van der Waals surface area (Å²) in [6, 6.07) is 7.99. The summed E-state index contributed by atoms with van der Waals surface area (Å²) in [6.45, 7) is 0.580. The molecule has 1 aromatic carbocycles. The van der Waals surface area contributed by atoms with Gasteiger partial charge in [0, 0.05) is 6.21 Å². The predicted octanol–water partition coefficient (Wildman–Crippen LogP) is 3.04. The van der Waals surface area contributed by atoms with Crippen molar-refractivity contribution < 1.29 is 0 Å². The molecule has 3 rings (SSSR count). The number of aliphatic imine (C=N–C) groups is 1. The highest BCUT2D eigenvalue weighted by Gasteiger charge is 2.10. The first-order valence-electron chi connectivity index (χ1n) is 6.72. The van der Waals surface area contributed by atoms with Crippen molar-refractivity contribution in [3.05, 3.63) is 24.3 Å². The van der Waals surface area contributed by atoms with Crippen LogP contribution in [0.4, 0.5) is 0 Å². The van der Waals surface area contributed by atoms with Crippen molar-refractivity contribution in [1.29, 1.82) is 0 Å². The lowest BCUT2D eigenvalue weighted by Gasteiger charge is -2.16. The molecular weight excluding hydrogens is 224 g/mol. The van der Waals surface area contributed by atoms with E-state index in [0.717, 1.165) is 11.0 Å². The molecule has 0 N–H and O–H groups in total. The van der Waals surface area contributed by atoms with E-state index in [2.05, 4.69) is 21.5 Å². The Morgan fingerprint density at radius 3 is 2.94 bits per heavy atom. The SMILES string of the molecule is C(=N\Cn1nnc2ccccc21)/C1CCCCC1. The Labute approximate surface area is 107 Å². The van der Waals surface area contributed by atoms with Crippen molar-refractivity contribution in [2.75, 3.05) is 0 Å². The van der Waals surface area contributed by atoms with Crippen molar-refractivity contribution in [2.24, 2.45) is 10.9 Å². The molecule has 94 valence electrons. The van der Waals surface area contributed by atoms with Crippen LogP contribution < -0.4 is 0 Å². The second-order valence-corrected chi connectivity index (χ2v) is 4.95. The lowest BCUT2D eigenvalue weighted by atomic mass is 9.90. The second-order valence-electron chi connectivity index (χ2n) is 4.95. The lowest BCUT2D eigenvalue weighted by molar-refractivity contribution is 0.443. The molecule has 0 bridgehead atoms. The molecule has 0 amide bonds. The van der Waals surface area contributed by atoms with Gasteiger partial charge in [0.15, 0.2) is 0 Å². The Bertz CT molecular complexity index is 537. The zero-order valence-corrected chi connectivity index (χ0v) is 10.5. The standard InChI is InChI=1S/C14H18N4/c1-2-6-12(7-3-1)10-15-11-18-14-9-5-4-8-13(14)16-17-18/h4-5,8-10,12H,1-3,6-7,11H2/b15-10+. The third-order valence-corrected chi connectivity index (χ3v) is 3.60. The van der Waals surface area contributed by atoms with Crippen LogP contribution in [0.5, 0.6) is 0 Å². The van der Waals surface area contributed by atoms with E-state index >= 15 is 0 Å². The van der Waals surface area contributed by atoms with Crippen LogP contribution in [0.15, 0.2) is 29.3 Å². The van der Waals surface area contributed by atoms with Gasteiger partial charge in [-0.25, -0.2) is 4.68 Å². The zero-order valence-electron chi connectivity index (χ0n) is 10.5. The molecule has 2 aromatic rings. The van der Waals surface area contributed by atoms with Crippen molar-refractivity contribution >= 4 is 17.2 Å². The van der Waals surface area contributed by atoms with Gasteiger partial charge in [-0.1, -0.05) is 36.6 Å². The highest BCUT2D eigenvalue weighted by atomic mass is 15.4. The van der Waals surface area contributed by atoms with Crippen LogP contribution in [0.1, 0.15) is 32.1 Å². The minimum atomic E-state index is 0.580. The summed E-state index contributed by atoms with van der Waals surface area (Å²) in [7, 11) is 0.